The van der Waals surface area contributed by atoms with Crippen LogP contribution in [-0.2, 0) is 16.0 Å². The summed E-state index contributed by atoms with van der Waals surface area (Å²) in [5, 5.41) is -0.325. The Morgan fingerprint density at radius 2 is 1.90 bits per heavy atom. The standard InChI is InChI=1S/C10H11ClF3N3O2S/c11-7-6-8(16-9(15-7)10(12,13)14)17-2-1-4-20(18,19)5-3-17/h6H,1-5H2. The topological polar surface area (TPSA) is 63.2 Å². The van der Waals surface area contributed by atoms with Crippen molar-refractivity contribution in [2.75, 3.05) is 29.5 Å². The number of anilines is 1. The van der Waals surface area contributed by atoms with E-state index in [2.05, 4.69) is 9.97 Å². The van der Waals surface area contributed by atoms with Crippen LogP contribution < -0.4 is 4.90 Å². The quantitative estimate of drug-likeness (QED) is 0.735. The van der Waals surface area contributed by atoms with Crippen molar-refractivity contribution in [2.45, 2.75) is 12.6 Å². The van der Waals surface area contributed by atoms with E-state index >= 15 is 0 Å². The van der Waals surface area contributed by atoms with Crippen LogP contribution in [0.1, 0.15) is 12.2 Å². The highest BCUT2D eigenvalue weighted by molar-refractivity contribution is 7.91. The van der Waals surface area contributed by atoms with Crippen molar-refractivity contribution in [2.24, 2.45) is 0 Å². The van der Waals surface area contributed by atoms with Crippen molar-refractivity contribution >= 4 is 27.3 Å². The minimum absolute atomic E-state index is 0.00516. The van der Waals surface area contributed by atoms with Crippen molar-refractivity contribution in [1.29, 1.82) is 0 Å². The summed E-state index contributed by atoms with van der Waals surface area (Å²) in [7, 11) is -3.15. The molecule has 10 heteroatoms. The van der Waals surface area contributed by atoms with Gasteiger partial charge in [-0.15, -0.1) is 0 Å². The fraction of sp³-hybridized carbons (Fsp3) is 0.600. The molecule has 1 aromatic heterocycles. The van der Waals surface area contributed by atoms with Crippen molar-refractivity contribution in [3.05, 3.63) is 17.0 Å². The van der Waals surface area contributed by atoms with Crippen LogP contribution in [0.15, 0.2) is 6.07 Å². The van der Waals surface area contributed by atoms with Gasteiger partial charge in [0.2, 0.25) is 5.82 Å². The van der Waals surface area contributed by atoms with E-state index < -0.39 is 21.8 Å². The molecule has 0 N–H and O–H groups in total. The summed E-state index contributed by atoms with van der Waals surface area (Å²) in [6.45, 7) is 0.400. The van der Waals surface area contributed by atoms with Crippen LogP contribution in [-0.4, -0.2) is 43.0 Å². The van der Waals surface area contributed by atoms with E-state index in [4.69, 9.17) is 11.6 Å². The first kappa shape index (κ1) is 15.3. The number of rotatable bonds is 1. The molecule has 0 spiro atoms. The van der Waals surface area contributed by atoms with Crippen molar-refractivity contribution in [3.8, 4) is 0 Å². The Hall–Kier alpha value is -1.09. The third kappa shape index (κ3) is 3.72. The van der Waals surface area contributed by atoms with Gasteiger partial charge in [-0.25, -0.2) is 18.4 Å². The van der Waals surface area contributed by atoms with Gasteiger partial charge in [0.25, 0.3) is 0 Å². The van der Waals surface area contributed by atoms with Gasteiger partial charge < -0.3 is 4.90 Å². The van der Waals surface area contributed by atoms with E-state index in [1.807, 2.05) is 0 Å². The van der Waals surface area contributed by atoms with Gasteiger partial charge in [0, 0.05) is 19.2 Å². The molecule has 0 atom stereocenters. The number of hydrogen-bond donors (Lipinski definition) is 0. The Morgan fingerprint density at radius 3 is 2.55 bits per heavy atom. The van der Waals surface area contributed by atoms with Gasteiger partial charge in [-0.2, -0.15) is 13.2 Å². The lowest BCUT2D eigenvalue weighted by Crippen LogP contribution is -2.28. The van der Waals surface area contributed by atoms with Crippen LogP contribution in [0, 0.1) is 0 Å². The fourth-order valence-electron chi connectivity index (χ4n) is 1.86. The smallest absolute Gasteiger partial charge is 0.355 e. The number of nitrogens with zero attached hydrogens (tertiary/aromatic N) is 3. The van der Waals surface area contributed by atoms with Gasteiger partial charge in [0.15, 0.2) is 9.84 Å². The molecule has 0 aliphatic carbocycles. The second-order valence-corrected chi connectivity index (χ2v) is 7.05. The average molecular weight is 330 g/mol. The minimum Gasteiger partial charge on any atom is -0.355 e. The Balaban J connectivity index is 2.31. The number of hydrogen-bond acceptors (Lipinski definition) is 5. The summed E-state index contributed by atoms with van der Waals surface area (Å²) in [4.78, 5) is 8.04. The lowest BCUT2D eigenvalue weighted by Gasteiger charge is -2.21. The number of sulfone groups is 1. The summed E-state index contributed by atoms with van der Waals surface area (Å²) in [6, 6.07) is 1.20. The number of alkyl halides is 3. The van der Waals surface area contributed by atoms with Crippen molar-refractivity contribution in [3.63, 3.8) is 0 Å². The first-order valence-electron chi connectivity index (χ1n) is 5.74. The third-order valence-corrected chi connectivity index (χ3v) is 4.72. The molecule has 1 aliphatic heterocycles. The second-order valence-electron chi connectivity index (χ2n) is 4.36. The van der Waals surface area contributed by atoms with E-state index in [1.54, 1.807) is 0 Å². The van der Waals surface area contributed by atoms with Crippen LogP contribution in [0.3, 0.4) is 0 Å². The zero-order valence-corrected chi connectivity index (χ0v) is 11.8. The molecular weight excluding hydrogens is 319 g/mol. The van der Waals surface area contributed by atoms with Crippen molar-refractivity contribution < 1.29 is 21.6 Å². The molecular formula is C10H11ClF3N3O2S. The van der Waals surface area contributed by atoms with Crippen LogP contribution in [0.25, 0.3) is 0 Å². The molecule has 2 rings (SSSR count). The molecule has 1 fully saturated rings. The summed E-state index contributed by atoms with van der Waals surface area (Å²) in [5.74, 6) is -1.42. The molecule has 0 bridgehead atoms. The Kier molecular flexibility index (Phi) is 4.10. The lowest BCUT2D eigenvalue weighted by atomic mass is 10.4. The molecule has 0 amide bonds. The Bertz CT molecular complexity index is 606. The molecule has 0 aromatic carbocycles. The number of halogens is 4. The van der Waals surface area contributed by atoms with E-state index in [0.29, 0.717) is 13.0 Å². The zero-order valence-electron chi connectivity index (χ0n) is 10.2. The van der Waals surface area contributed by atoms with E-state index in [-0.39, 0.29) is 29.0 Å². The van der Waals surface area contributed by atoms with E-state index in [9.17, 15) is 21.6 Å². The first-order valence-corrected chi connectivity index (χ1v) is 7.94. The molecule has 20 heavy (non-hydrogen) atoms. The summed E-state index contributed by atoms with van der Waals surface area (Å²) in [6.07, 6.45) is -4.36. The molecule has 0 radical (unpaired) electrons. The maximum Gasteiger partial charge on any atom is 0.451 e. The van der Waals surface area contributed by atoms with Gasteiger partial charge in [0.1, 0.15) is 11.0 Å². The highest BCUT2D eigenvalue weighted by atomic mass is 35.5. The molecule has 2 heterocycles. The normalized spacial score (nSPS) is 19.7. The third-order valence-electron chi connectivity index (χ3n) is 2.81. The van der Waals surface area contributed by atoms with Gasteiger partial charge in [-0.1, -0.05) is 11.6 Å². The molecule has 1 saturated heterocycles. The van der Waals surface area contributed by atoms with Gasteiger partial charge in [0.05, 0.1) is 11.5 Å². The largest absolute Gasteiger partial charge is 0.451 e. The second kappa shape index (κ2) is 5.36. The van der Waals surface area contributed by atoms with Crippen molar-refractivity contribution in [1.82, 2.24) is 9.97 Å². The van der Waals surface area contributed by atoms with Crippen LogP contribution in [0.5, 0.6) is 0 Å². The molecule has 5 nitrogen and oxygen atoms in total. The summed E-state index contributed by atoms with van der Waals surface area (Å²) < 4.78 is 60.8. The van der Waals surface area contributed by atoms with E-state index in [1.165, 1.54) is 11.0 Å². The predicted octanol–water partition coefficient (Wildman–Crippen LogP) is 1.77. The zero-order chi connectivity index (χ0) is 15.0. The summed E-state index contributed by atoms with van der Waals surface area (Å²) in [5.41, 5.74) is 0. The molecule has 0 unspecified atom stereocenters. The molecule has 1 aromatic rings. The maximum absolute atomic E-state index is 12.6. The van der Waals surface area contributed by atoms with Gasteiger partial charge >= 0.3 is 6.18 Å². The monoisotopic (exact) mass is 329 g/mol. The highest BCUT2D eigenvalue weighted by Gasteiger charge is 2.36. The summed E-state index contributed by atoms with van der Waals surface area (Å²) >= 11 is 5.58. The van der Waals surface area contributed by atoms with Crippen LogP contribution >= 0.6 is 11.6 Å². The van der Waals surface area contributed by atoms with Crippen LogP contribution in [0.2, 0.25) is 5.15 Å². The molecule has 1 aliphatic rings. The fourth-order valence-corrected chi connectivity index (χ4v) is 3.31. The minimum atomic E-state index is -4.70. The average Bonchev–Trinajstić information content (AvgIpc) is 2.48. The molecule has 0 saturated carbocycles. The Morgan fingerprint density at radius 1 is 1.20 bits per heavy atom. The van der Waals surface area contributed by atoms with Crippen LogP contribution in [0.4, 0.5) is 19.0 Å². The van der Waals surface area contributed by atoms with E-state index in [0.717, 1.165) is 0 Å². The lowest BCUT2D eigenvalue weighted by molar-refractivity contribution is -0.144. The Labute approximate surface area is 118 Å². The first-order chi connectivity index (χ1) is 9.17. The predicted molar refractivity (Wildman–Crippen MR) is 67.5 cm³/mol. The maximum atomic E-state index is 12.6. The van der Waals surface area contributed by atoms with Gasteiger partial charge in [-0.05, 0) is 6.42 Å². The number of aromatic nitrogens is 2. The molecule has 112 valence electrons. The SMILES string of the molecule is O=S1(=O)CCCN(c2cc(Cl)nc(C(F)(F)F)n2)CC1. The highest BCUT2D eigenvalue weighted by Crippen LogP contribution is 2.29. The van der Waals surface area contributed by atoms with Gasteiger partial charge in [-0.3, -0.25) is 0 Å².